The zero-order valence-electron chi connectivity index (χ0n) is 17.4. The fraction of sp³-hybridized carbons (Fsp3) is 0.565. The summed E-state index contributed by atoms with van der Waals surface area (Å²) in [5.74, 6) is 3.01. The monoisotopic (exact) mass is 432 g/mol. The van der Waals surface area contributed by atoms with E-state index in [0.29, 0.717) is 31.5 Å². The average Bonchev–Trinajstić information content (AvgIpc) is 3.58. The van der Waals surface area contributed by atoms with Crippen molar-refractivity contribution in [2.24, 2.45) is 0 Å². The molecule has 1 aromatic carbocycles. The van der Waals surface area contributed by atoms with Crippen molar-refractivity contribution < 1.29 is 17.9 Å². The highest BCUT2D eigenvalue weighted by molar-refractivity contribution is 5.53. The van der Waals surface area contributed by atoms with Gasteiger partial charge < -0.3 is 15.0 Å². The molecule has 1 N–H and O–H groups in total. The van der Waals surface area contributed by atoms with Crippen LogP contribution in [0.25, 0.3) is 0 Å². The Morgan fingerprint density at radius 2 is 1.77 bits per heavy atom. The number of benzene rings is 1. The number of nitrogens with zero attached hydrogens (tertiary/aromatic N) is 3. The third kappa shape index (κ3) is 5.05. The first-order valence-corrected chi connectivity index (χ1v) is 11.2. The Kier molecular flexibility index (Phi) is 5.40. The van der Waals surface area contributed by atoms with Crippen molar-refractivity contribution in [3.63, 3.8) is 0 Å². The minimum Gasteiger partial charge on any atom is -0.406 e. The van der Waals surface area contributed by atoms with Gasteiger partial charge in [-0.15, -0.1) is 13.2 Å². The van der Waals surface area contributed by atoms with Crippen molar-refractivity contribution in [1.29, 1.82) is 0 Å². The molecule has 0 radical (unpaired) electrons. The molecule has 0 bridgehead atoms. The van der Waals surface area contributed by atoms with Crippen molar-refractivity contribution in [3.8, 4) is 5.75 Å². The maximum absolute atomic E-state index is 12.5. The van der Waals surface area contributed by atoms with Gasteiger partial charge in [0.05, 0.1) is 0 Å². The number of ether oxygens (including phenoxy) is 1. The molecule has 0 spiro atoms. The molecule has 2 heterocycles. The lowest BCUT2D eigenvalue weighted by Gasteiger charge is -2.31. The molecule has 0 amide bonds. The minimum absolute atomic E-state index is 0.156. The number of aromatic nitrogens is 2. The van der Waals surface area contributed by atoms with E-state index in [1.165, 1.54) is 44.2 Å². The fourth-order valence-corrected chi connectivity index (χ4v) is 4.59. The van der Waals surface area contributed by atoms with E-state index in [4.69, 9.17) is 9.97 Å². The van der Waals surface area contributed by atoms with E-state index >= 15 is 0 Å². The predicted molar refractivity (Wildman–Crippen MR) is 112 cm³/mol. The first-order valence-electron chi connectivity index (χ1n) is 11.2. The normalized spacial score (nSPS) is 19.8. The maximum atomic E-state index is 12.5. The van der Waals surface area contributed by atoms with Crippen LogP contribution in [0.15, 0.2) is 24.3 Å². The maximum Gasteiger partial charge on any atom is 0.573 e. The molecule has 0 unspecified atom stereocenters. The van der Waals surface area contributed by atoms with Crippen molar-refractivity contribution in [2.75, 3.05) is 16.8 Å². The van der Waals surface area contributed by atoms with Gasteiger partial charge in [0.1, 0.15) is 23.2 Å². The third-order valence-corrected chi connectivity index (χ3v) is 6.38. The van der Waals surface area contributed by atoms with Crippen LogP contribution in [-0.4, -0.2) is 28.9 Å². The van der Waals surface area contributed by atoms with Crippen LogP contribution < -0.4 is 15.0 Å². The van der Waals surface area contributed by atoms with E-state index in [1.54, 1.807) is 6.07 Å². The molecular weight excluding hydrogens is 405 g/mol. The molecule has 8 heteroatoms. The summed E-state index contributed by atoms with van der Waals surface area (Å²) in [7, 11) is 0. The Bertz CT molecular complexity index is 939. The number of nitrogens with one attached hydrogen (secondary N) is 1. The highest BCUT2D eigenvalue weighted by Gasteiger charge is 2.32. The van der Waals surface area contributed by atoms with E-state index in [-0.39, 0.29) is 5.75 Å². The van der Waals surface area contributed by atoms with Crippen molar-refractivity contribution in [1.82, 2.24) is 9.97 Å². The Morgan fingerprint density at radius 3 is 2.52 bits per heavy atom. The summed E-state index contributed by atoms with van der Waals surface area (Å²) >= 11 is 0. The first-order chi connectivity index (χ1) is 14.9. The summed E-state index contributed by atoms with van der Waals surface area (Å²) in [5.41, 5.74) is 1.91. The first kappa shape index (κ1) is 20.4. The summed E-state index contributed by atoms with van der Waals surface area (Å²) in [6.07, 6.45) is 4.43. The van der Waals surface area contributed by atoms with Gasteiger partial charge in [-0.05, 0) is 55.4 Å². The van der Waals surface area contributed by atoms with E-state index < -0.39 is 6.36 Å². The lowest BCUT2D eigenvalue weighted by Crippen LogP contribution is -2.32. The minimum atomic E-state index is -4.67. The van der Waals surface area contributed by atoms with Gasteiger partial charge in [0, 0.05) is 31.1 Å². The highest BCUT2D eigenvalue weighted by atomic mass is 19.4. The second-order valence-corrected chi connectivity index (χ2v) is 8.87. The lowest BCUT2D eigenvalue weighted by molar-refractivity contribution is -0.274. The number of alkyl halides is 3. The second-order valence-electron chi connectivity index (χ2n) is 8.87. The number of hydrogen-bond donors (Lipinski definition) is 1. The zero-order valence-corrected chi connectivity index (χ0v) is 17.4. The Hall–Kier alpha value is -2.51. The van der Waals surface area contributed by atoms with Gasteiger partial charge in [-0.25, -0.2) is 9.97 Å². The van der Waals surface area contributed by atoms with Crippen molar-refractivity contribution in [2.45, 2.75) is 76.2 Å². The molecule has 3 aliphatic rings. The van der Waals surface area contributed by atoms with E-state index in [1.807, 2.05) is 6.07 Å². The standard InChI is InChI=1S/C23H27F3N4O/c24-23(25,26)31-19-9-8-17-14-30(11-10-16(17)12-19)21-13-20(27-18-4-2-1-3-5-18)28-22(29-21)15-6-7-15/h8-9,12-13,15,18H,1-7,10-11,14H2,(H,27,28,29). The Labute approximate surface area is 180 Å². The number of rotatable bonds is 5. The molecule has 1 aliphatic heterocycles. The van der Waals surface area contributed by atoms with Crippen LogP contribution in [0.2, 0.25) is 0 Å². The van der Waals surface area contributed by atoms with Crippen LogP contribution in [0, 0.1) is 0 Å². The van der Waals surface area contributed by atoms with Crippen molar-refractivity contribution in [3.05, 3.63) is 41.2 Å². The molecule has 2 aromatic rings. The molecule has 0 saturated heterocycles. The number of hydrogen-bond acceptors (Lipinski definition) is 5. The van der Waals surface area contributed by atoms with Gasteiger partial charge in [-0.3, -0.25) is 0 Å². The molecular formula is C23H27F3N4O. The van der Waals surface area contributed by atoms with E-state index in [0.717, 1.165) is 41.4 Å². The van der Waals surface area contributed by atoms with Gasteiger partial charge in [-0.1, -0.05) is 25.3 Å². The molecule has 1 aromatic heterocycles. The molecule has 2 fully saturated rings. The summed E-state index contributed by atoms with van der Waals surface area (Å²) in [4.78, 5) is 11.9. The molecule has 5 nitrogen and oxygen atoms in total. The van der Waals surface area contributed by atoms with Gasteiger partial charge in [0.15, 0.2) is 0 Å². The summed E-state index contributed by atoms with van der Waals surface area (Å²) in [6, 6.07) is 7.13. The number of anilines is 2. The highest BCUT2D eigenvalue weighted by Crippen LogP contribution is 2.40. The fourth-order valence-electron chi connectivity index (χ4n) is 4.59. The molecule has 166 valence electrons. The Balaban J connectivity index is 1.35. The lowest BCUT2D eigenvalue weighted by atomic mass is 9.95. The Morgan fingerprint density at radius 1 is 0.968 bits per heavy atom. The van der Waals surface area contributed by atoms with Gasteiger partial charge in [0.25, 0.3) is 0 Å². The smallest absolute Gasteiger partial charge is 0.406 e. The van der Waals surface area contributed by atoms with Crippen LogP contribution in [-0.2, 0) is 13.0 Å². The number of fused-ring (bicyclic) bond motifs is 1. The molecule has 0 atom stereocenters. The van der Waals surface area contributed by atoms with Crippen LogP contribution in [0.1, 0.15) is 67.8 Å². The van der Waals surface area contributed by atoms with E-state index in [2.05, 4.69) is 15.0 Å². The second kappa shape index (κ2) is 8.20. The van der Waals surface area contributed by atoms with Crippen LogP contribution in [0.4, 0.5) is 24.8 Å². The summed E-state index contributed by atoms with van der Waals surface area (Å²) in [5, 5.41) is 3.63. The van der Waals surface area contributed by atoms with Gasteiger partial charge >= 0.3 is 6.36 Å². The molecule has 5 rings (SSSR count). The molecule has 31 heavy (non-hydrogen) atoms. The topological polar surface area (TPSA) is 50.3 Å². The van der Waals surface area contributed by atoms with Gasteiger partial charge in [-0.2, -0.15) is 0 Å². The summed E-state index contributed by atoms with van der Waals surface area (Å²) < 4.78 is 41.6. The number of halogens is 3. The zero-order chi connectivity index (χ0) is 21.4. The van der Waals surface area contributed by atoms with Crippen LogP contribution in [0.5, 0.6) is 5.75 Å². The predicted octanol–water partition coefficient (Wildman–Crippen LogP) is 5.56. The third-order valence-electron chi connectivity index (χ3n) is 6.38. The SMILES string of the molecule is FC(F)(F)Oc1ccc2c(c1)CCN(c1cc(NC3CCCCC3)nc(C3CC3)n1)C2. The summed E-state index contributed by atoms with van der Waals surface area (Å²) in [6.45, 7) is 1.32. The molecule has 2 saturated carbocycles. The van der Waals surface area contributed by atoms with Crippen LogP contribution in [0.3, 0.4) is 0 Å². The van der Waals surface area contributed by atoms with Gasteiger partial charge in [0.2, 0.25) is 0 Å². The average molecular weight is 432 g/mol. The van der Waals surface area contributed by atoms with E-state index in [9.17, 15) is 13.2 Å². The molecule has 2 aliphatic carbocycles. The van der Waals surface area contributed by atoms with Crippen LogP contribution >= 0.6 is 0 Å². The quantitative estimate of drug-likeness (QED) is 0.670. The largest absolute Gasteiger partial charge is 0.573 e. The van der Waals surface area contributed by atoms with Crippen molar-refractivity contribution >= 4 is 11.6 Å².